The van der Waals surface area contributed by atoms with E-state index in [2.05, 4.69) is 5.32 Å². The summed E-state index contributed by atoms with van der Waals surface area (Å²) in [4.78, 5) is 23.6. The van der Waals surface area contributed by atoms with Crippen molar-refractivity contribution in [3.05, 3.63) is 52.2 Å². The zero-order valence-corrected chi connectivity index (χ0v) is 11.2. The zero-order chi connectivity index (χ0) is 13.8. The van der Waals surface area contributed by atoms with E-state index in [1.54, 1.807) is 36.7 Å². The molecule has 5 nitrogen and oxygen atoms in total. The lowest BCUT2D eigenvalue weighted by Gasteiger charge is -2.05. The third-order valence-electron chi connectivity index (χ3n) is 2.68. The second-order valence-corrected chi connectivity index (χ2v) is 4.49. The van der Waals surface area contributed by atoms with Crippen LogP contribution in [0.5, 0.6) is 0 Å². The van der Waals surface area contributed by atoms with E-state index >= 15 is 0 Å². The molecule has 6 heteroatoms. The fourth-order valence-corrected chi connectivity index (χ4v) is 1.93. The first-order chi connectivity index (χ1) is 9.10. The number of anilines is 1. The maximum Gasteiger partial charge on any atom is 0.328 e. The van der Waals surface area contributed by atoms with Crippen molar-refractivity contribution in [1.29, 1.82) is 0 Å². The van der Waals surface area contributed by atoms with Crippen LogP contribution in [-0.4, -0.2) is 15.0 Å². The topological polar surface area (TPSA) is 56.0 Å². The van der Waals surface area contributed by atoms with Crippen molar-refractivity contribution >= 4 is 23.2 Å². The Morgan fingerprint density at radius 2 is 2.05 bits per heavy atom. The Labute approximate surface area is 115 Å². The summed E-state index contributed by atoms with van der Waals surface area (Å²) < 4.78 is 2.90. The van der Waals surface area contributed by atoms with E-state index in [-0.39, 0.29) is 18.1 Å². The summed E-state index contributed by atoms with van der Waals surface area (Å²) in [5, 5.41) is 3.24. The van der Waals surface area contributed by atoms with E-state index in [9.17, 15) is 9.59 Å². The van der Waals surface area contributed by atoms with Crippen LogP contribution < -0.4 is 11.0 Å². The molecule has 0 aliphatic rings. The Hall–Kier alpha value is -2.01. The first-order valence-electron chi connectivity index (χ1n) is 5.91. The maximum absolute atomic E-state index is 11.8. The largest absolute Gasteiger partial charge is 0.328 e. The van der Waals surface area contributed by atoms with Crippen molar-refractivity contribution in [3.63, 3.8) is 0 Å². The van der Waals surface area contributed by atoms with Crippen molar-refractivity contribution in [3.8, 4) is 0 Å². The molecule has 100 valence electrons. The van der Waals surface area contributed by atoms with E-state index in [1.807, 2.05) is 6.92 Å². The number of halogens is 1. The lowest BCUT2D eigenvalue weighted by atomic mass is 10.3. The molecule has 0 fully saturated rings. The van der Waals surface area contributed by atoms with Crippen molar-refractivity contribution in [2.24, 2.45) is 0 Å². The van der Waals surface area contributed by atoms with Crippen LogP contribution in [0.25, 0.3) is 0 Å². The number of benzene rings is 1. The Balaban J connectivity index is 2.05. The number of carbonyl (C=O) groups excluding carboxylic acids is 1. The number of aryl methyl sites for hydroxylation is 1. The van der Waals surface area contributed by atoms with Crippen LogP contribution in [0.2, 0.25) is 5.02 Å². The highest BCUT2D eigenvalue weighted by molar-refractivity contribution is 6.30. The van der Waals surface area contributed by atoms with Gasteiger partial charge in [0, 0.05) is 29.6 Å². The molecule has 2 rings (SSSR count). The highest BCUT2D eigenvalue weighted by Crippen LogP contribution is 2.14. The van der Waals surface area contributed by atoms with E-state index in [0.717, 1.165) is 0 Å². The molecule has 0 unspecified atom stereocenters. The molecule has 1 amide bonds. The molecule has 19 heavy (non-hydrogen) atoms. The molecule has 0 aliphatic heterocycles. The van der Waals surface area contributed by atoms with Crippen LogP contribution in [0, 0.1) is 0 Å². The molecule has 1 N–H and O–H groups in total. The van der Waals surface area contributed by atoms with Crippen LogP contribution in [-0.2, 0) is 17.9 Å². The number of hydrogen-bond donors (Lipinski definition) is 1. The molecule has 0 atom stereocenters. The average Bonchev–Trinajstić information content (AvgIpc) is 2.70. The first-order valence-corrected chi connectivity index (χ1v) is 6.29. The fraction of sp³-hybridized carbons (Fsp3) is 0.231. The van der Waals surface area contributed by atoms with E-state index in [1.165, 1.54) is 9.13 Å². The third kappa shape index (κ3) is 3.26. The van der Waals surface area contributed by atoms with Gasteiger partial charge in [-0.25, -0.2) is 4.79 Å². The summed E-state index contributed by atoms with van der Waals surface area (Å²) in [6.07, 6.45) is 3.26. The second kappa shape index (κ2) is 5.75. The fourth-order valence-electron chi connectivity index (χ4n) is 1.74. The predicted octanol–water partition coefficient (Wildman–Crippen LogP) is 1.96. The van der Waals surface area contributed by atoms with Crippen LogP contribution in [0.15, 0.2) is 41.5 Å². The van der Waals surface area contributed by atoms with E-state index in [0.29, 0.717) is 17.3 Å². The number of imidazole rings is 1. The quantitative estimate of drug-likeness (QED) is 0.930. The number of rotatable bonds is 4. The highest BCUT2D eigenvalue weighted by atomic mass is 35.5. The van der Waals surface area contributed by atoms with Crippen LogP contribution in [0.4, 0.5) is 5.69 Å². The molecule has 1 aromatic carbocycles. The molecule has 2 aromatic rings. The molecule has 0 radical (unpaired) electrons. The minimum atomic E-state index is -0.266. The maximum atomic E-state index is 11.8. The predicted molar refractivity (Wildman–Crippen MR) is 74.4 cm³/mol. The van der Waals surface area contributed by atoms with Crippen LogP contribution in [0.3, 0.4) is 0 Å². The number of hydrogen-bond acceptors (Lipinski definition) is 2. The summed E-state index contributed by atoms with van der Waals surface area (Å²) >= 11 is 5.83. The monoisotopic (exact) mass is 279 g/mol. The number of nitrogens with zero attached hydrogens (tertiary/aromatic N) is 2. The summed E-state index contributed by atoms with van der Waals surface area (Å²) in [5.74, 6) is -0.266. The van der Waals surface area contributed by atoms with Gasteiger partial charge in [0.25, 0.3) is 0 Å². The van der Waals surface area contributed by atoms with Crippen molar-refractivity contribution < 1.29 is 4.79 Å². The summed E-state index contributed by atoms with van der Waals surface area (Å²) in [5.41, 5.74) is 0.421. The minimum absolute atomic E-state index is 0.0155. The van der Waals surface area contributed by atoms with Gasteiger partial charge in [-0.15, -0.1) is 0 Å². The smallest absolute Gasteiger partial charge is 0.324 e. The molecule has 1 aromatic heterocycles. The Morgan fingerprint density at radius 1 is 1.32 bits per heavy atom. The molecule has 1 heterocycles. The molecule has 0 saturated carbocycles. The van der Waals surface area contributed by atoms with Gasteiger partial charge in [-0.05, 0) is 25.1 Å². The van der Waals surface area contributed by atoms with Gasteiger partial charge in [0.2, 0.25) is 5.91 Å². The van der Waals surface area contributed by atoms with Gasteiger partial charge in [0.05, 0.1) is 0 Å². The minimum Gasteiger partial charge on any atom is -0.324 e. The van der Waals surface area contributed by atoms with Gasteiger partial charge in [-0.2, -0.15) is 0 Å². The van der Waals surface area contributed by atoms with Gasteiger partial charge in [-0.1, -0.05) is 17.7 Å². The SMILES string of the molecule is CCn1ccn(CC(=O)Nc2cccc(Cl)c2)c1=O. The van der Waals surface area contributed by atoms with E-state index in [4.69, 9.17) is 11.6 Å². The number of carbonyl (C=O) groups is 1. The molecular weight excluding hydrogens is 266 g/mol. The first kappa shape index (κ1) is 13.4. The van der Waals surface area contributed by atoms with Gasteiger partial charge in [-0.3, -0.25) is 13.9 Å². The highest BCUT2D eigenvalue weighted by Gasteiger charge is 2.07. The lowest BCUT2D eigenvalue weighted by molar-refractivity contribution is -0.116. The average molecular weight is 280 g/mol. The Morgan fingerprint density at radius 3 is 2.68 bits per heavy atom. The molecule has 0 spiro atoms. The van der Waals surface area contributed by atoms with Crippen molar-refractivity contribution in [2.45, 2.75) is 20.0 Å². The van der Waals surface area contributed by atoms with Gasteiger partial charge in [0.1, 0.15) is 6.54 Å². The van der Waals surface area contributed by atoms with Crippen molar-refractivity contribution in [2.75, 3.05) is 5.32 Å². The third-order valence-corrected chi connectivity index (χ3v) is 2.92. The standard InChI is InChI=1S/C13H14ClN3O2/c1-2-16-6-7-17(13(16)19)9-12(18)15-11-5-3-4-10(14)8-11/h3-8H,2,9H2,1H3,(H,15,18). The Bertz CT molecular complexity index is 645. The molecular formula is C13H14ClN3O2. The van der Waals surface area contributed by atoms with E-state index < -0.39 is 0 Å². The summed E-state index contributed by atoms with van der Waals surface area (Å²) in [6.45, 7) is 2.44. The second-order valence-electron chi connectivity index (χ2n) is 4.05. The van der Waals surface area contributed by atoms with Gasteiger partial charge < -0.3 is 5.32 Å². The molecule has 0 saturated heterocycles. The number of nitrogens with one attached hydrogen (secondary N) is 1. The number of amides is 1. The Kier molecular flexibility index (Phi) is 4.06. The number of aromatic nitrogens is 2. The summed E-state index contributed by atoms with van der Waals surface area (Å²) in [6, 6.07) is 6.87. The normalized spacial score (nSPS) is 10.4. The van der Waals surface area contributed by atoms with Gasteiger partial charge >= 0.3 is 5.69 Å². The lowest BCUT2D eigenvalue weighted by Crippen LogP contribution is -2.28. The molecule has 0 bridgehead atoms. The molecule has 0 aliphatic carbocycles. The van der Waals surface area contributed by atoms with Crippen LogP contribution >= 0.6 is 11.6 Å². The van der Waals surface area contributed by atoms with Crippen molar-refractivity contribution in [1.82, 2.24) is 9.13 Å². The van der Waals surface area contributed by atoms with Gasteiger partial charge in [0.15, 0.2) is 0 Å². The summed E-state index contributed by atoms with van der Waals surface area (Å²) in [7, 11) is 0. The zero-order valence-electron chi connectivity index (χ0n) is 10.5. The van der Waals surface area contributed by atoms with Crippen LogP contribution in [0.1, 0.15) is 6.92 Å².